The van der Waals surface area contributed by atoms with Crippen molar-refractivity contribution < 1.29 is 9.13 Å². The van der Waals surface area contributed by atoms with Crippen LogP contribution in [-0.2, 0) is 9.13 Å². The maximum absolute atomic E-state index is 15.6. The van der Waals surface area contributed by atoms with Crippen LogP contribution < -0.4 is 42.2 Å². The van der Waals surface area contributed by atoms with E-state index in [1.165, 1.54) is 32.3 Å². The van der Waals surface area contributed by atoms with E-state index in [0.717, 1.165) is 208 Å². The third-order valence-corrected chi connectivity index (χ3v) is 39.9. The van der Waals surface area contributed by atoms with E-state index in [4.69, 9.17) is 19.7 Å². The van der Waals surface area contributed by atoms with E-state index in [-0.39, 0.29) is 0 Å². The molecule has 26 aromatic rings. The number of hydrogen-bond donors (Lipinski definition) is 0. The van der Waals surface area contributed by atoms with E-state index in [9.17, 15) is 15.8 Å². The molecule has 17 heteroatoms. The summed E-state index contributed by atoms with van der Waals surface area (Å²) in [5, 5.41) is 49.7. The molecule has 6 aromatic heterocycles. The van der Waals surface area contributed by atoms with Crippen LogP contribution in [0.15, 0.2) is 425 Å². The van der Waals surface area contributed by atoms with Gasteiger partial charge in [0.2, 0.25) is 0 Å². The van der Waals surface area contributed by atoms with E-state index < -0.39 is 22.4 Å². The van der Waals surface area contributed by atoms with Crippen molar-refractivity contribution in [3.8, 4) is 85.7 Å². The Labute approximate surface area is 833 Å². The van der Waals surface area contributed by atoms with Crippen molar-refractivity contribution in [1.82, 2.24) is 27.4 Å². The summed E-state index contributed by atoms with van der Waals surface area (Å²) in [6, 6.07) is 151. The first-order valence-electron chi connectivity index (χ1n) is 47.9. The lowest BCUT2D eigenvalue weighted by Gasteiger charge is -2.19. The average Bonchev–Trinajstić information content (AvgIpc) is 1.54. The molecule has 145 heavy (non-hydrogen) atoms. The molecule has 674 valence electrons. The highest BCUT2D eigenvalue weighted by Gasteiger charge is 2.44. The summed E-state index contributed by atoms with van der Waals surface area (Å²) in [5.41, 5.74) is 28.9. The van der Waals surface area contributed by atoms with Crippen LogP contribution >= 0.6 is 14.3 Å². The van der Waals surface area contributed by atoms with Crippen LogP contribution in [0.1, 0.15) is 16.7 Å². The SMILES string of the molecule is [C-]#[N+]c1ccc2c(c1)c1cc(C#N)ccc1n2-c1ccc2c(c1)-c1cc(-n3c4ccccc4c4cc(C#N)ccc43)ccc1[Si]2(C)C.[C-]#[N+]c1ccc2c(c1)c1ccccc1n2-c1ccc2c(c1)-c1cc(-n3c4ccccc4c4cc(C#N)ccc43)ccc1P2(=O)c1ccccc1.[C-]#[N+]c1ccc2c(c1)c1ccccc1n2-c1ccc2c(c1)-c1cc(-n3c4ccccc4c4ccccc43)ccc1P2(=O)c1ccccc1. The normalized spacial score (nSPS) is 14.4. The summed E-state index contributed by atoms with van der Waals surface area (Å²) >= 11 is 0. The Morgan fingerprint density at radius 3 is 0.690 bits per heavy atom. The fourth-order valence-corrected chi connectivity index (χ4v) is 32.7. The first-order chi connectivity index (χ1) is 71.1. The van der Waals surface area contributed by atoms with Crippen molar-refractivity contribution in [2.45, 2.75) is 13.1 Å². The van der Waals surface area contributed by atoms with Gasteiger partial charge >= 0.3 is 0 Å². The third-order valence-electron chi connectivity index (χ3n) is 30.1. The number of fused-ring (bicyclic) bond motifs is 27. The van der Waals surface area contributed by atoms with Gasteiger partial charge in [0.05, 0.1) is 121 Å². The number of para-hydroxylation sites is 6. The number of nitrogens with zero attached hydrogens (tertiary/aromatic N) is 12. The summed E-state index contributed by atoms with van der Waals surface area (Å²) in [6.45, 7) is 27.7. The van der Waals surface area contributed by atoms with Crippen molar-refractivity contribution in [1.29, 1.82) is 15.8 Å². The summed E-state index contributed by atoms with van der Waals surface area (Å²) in [4.78, 5) is 11.1. The Kier molecular flexibility index (Phi) is 19.0. The number of hydrogen-bond acceptors (Lipinski definition) is 5. The molecule has 0 fully saturated rings. The smallest absolute Gasteiger partial charge is 0.188 e. The molecule has 14 nitrogen and oxygen atoms in total. The first-order valence-corrected chi connectivity index (χ1v) is 54.3. The highest BCUT2D eigenvalue weighted by Crippen LogP contribution is 2.56. The number of rotatable bonds is 8. The predicted molar refractivity (Wildman–Crippen MR) is 597 cm³/mol. The van der Waals surface area contributed by atoms with E-state index in [0.29, 0.717) is 33.8 Å². The molecule has 2 unspecified atom stereocenters. The zero-order valence-electron chi connectivity index (χ0n) is 78.0. The van der Waals surface area contributed by atoms with Crippen molar-refractivity contribution in [3.05, 3.63) is 476 Å². The predicted octanol–water partition coefficient (Wildman–Crippen LogP) is 29.0. The van der Waals surface area contributed by atoms with Gasteiger partial charge in [-0.15, -0.1) is 0 Å². The lowest BCUT2D eigenvalue weighted by atomic mass is 10.0. The molecule has 0 N–H and O–H groups in total. The van der Waals surface area contributed by atoms with Crippen molar-refractivity contribution in [2.75, 3.05) is 0 Å². The lowest BCUT2D eigenvalue weighted by molar-refractivity contribution is 0.592. The van der Waals surface area contributed by atoms with Crippen molar-refractivity contribution in [2.24, 2.45) is 0 Å². The number of nitriles is 3. The van der Waals surface area contributed by atoms with Gasteiger partial charge in [-0.05, 0) is 284 Å². The fourth-order valence-electron chi connectivity index (χ4n) is 23.6. The maximum atomic E-state index is 15.6. The van der Waals surface area contributed by atoms with E-state index in [1.54, 1.807) is 0 Å². The Morgan fingerprint density at radius 2 is 0.428 bits per heavy atom. The zero-order chi connectivity index (χ0) is 97.6. The summed E-state index contributed by atoms with van der Waals surface area (Å²) in [7, 11) is -8.32. The van der Waals surface area contributed by atoms with Crippen LogP contribution in [-0.4, -0.2) is 35.5 Å². The molecule has 0 saturated carbocycles. The van der Waals surface area contributed by atoms with Gasteiger partial charge in [-0.1, -0.05) is 213 Å². The van der Waals surface area contributed by atoms with Gasteiger partial charge < -0.3 is 36.5 Å². The van der Waals surface area contributed by atoms with Crippen LogP contribution in [0.3, 0.4) is 0 Å². The zero-order valence-corrected chi connectivity index (χ0v) is 80.8. The van der Waals surface area contributed by atoms with E-state index in [2.05, 4.69) is 304 Å². The summed E-state index contributed by atoms with van der Waals surface area (Å²) in [6.07, 6.45) is 0. The second-order valence-electron chi connectivity index (χ2n) is 37.9. The second-order valence-corrected chi connectivity index (χ2v) is 47.6. The molecule has 29 rings (SSSR count). The van der Waals surface area contributed by atoms with Gasteiger partial charge in [0.1, 0.15) is 8.07 Å². The lowest BCUT2D eigenvalue weighted by Crippen LogP contribution is -2.49. The van der Waals surface area contributed by atoms with Crippen LogP contribution in [0.2, 0.25) is 13.1 Å². The van der Waals surface area contributed by atoms with E-state index >= 15 is 9.13 Å². The van der Waals surface area contributed by atoms with Gasteiger partial charge in [0.25, 0.3) is 0 Å². The Morgan fingerprint density at radius 1 is 0.221 bits per heavy atom. The van der Waals surface area contributed by atoms with E-state index in [1.807, 2.05) is 194 Å². The van der Waals surface area contributed by atoms with Gasteiger partial charge in [0, 0.05) is 114 Å². The number of benzene rings is 20. The molecule has 9 heterocycles. The second kappa shape index (κ2) is 32.5. The molecular formula is C128H76N12O2P2Si. The summed E-state index contributed by atoms with van der Waals surface area (Å²) < 4.78 is 44.8. The average molecular weight is 1900 g/mol. The highest BCUT2D eigenvalue weighted by molar-refractivity contribution is 7.87. The Hall–Kier alpha value is -19.2. The van der Waals surface area contributed by atoms with Gasteiger partial charge in [-0.25, -0.2) is 14.5 Å². The van der Waals surface area contributed by atoms with Crippen LogP contribution in [0, 0.1) is 53.7 Å². The topological polar surface area (TPSA) is 148 Å². The Balaban J connectivity index is 0.000000108. The highest BCUT2D eigenvalue weighted by atomic mass is 31.2. The van der Waals surface area contributed by atoms with Crippen LogP contribution in [0.25, 0.3) is 213 Å². The van der Waals surface area contributed by atoms with Crippen molar-refractivity contribution >= 4 is 212 Å². The number of aromatic nitrogens is 6. The molecule has 0 spiro atoms. The fraction of sp³-hybridized carbons (Fsp3) is 0.0156. The minimum absolute atomic E-state index is 0.580. The molecule has 0 saturated heterocycles. The van der Waals surface area contributed by atoms with Gasteiger partial charge in [0.15, 0.2) is 31.3 Å². The minimum Gasteiger partial charge on any atom is -0.309 e. The van der Waals surface area contributed by atoms with Gasteiger partial charge in [-0.3, -0.25) is 0 Å². The molecule has 0 amide bonds. The molecule has 0 radical (unpaired) electrons. The maximum Gasteiger partial charge on any atom is 0.188 e. The van der Waals surface area contributed by atoms with Crippen LogP contribution in [0.5, 0.6) is 0 Å². The monoisotopic (exact) mass is 1900 g/mol. The van der Waals surface area contributed by atoms with Crippen molar-refractivity contribution in [3.63, 3.8) is 0 Å². The third kappa shape index (κ3) is 12.6. The molecular weight excluding hydrogens is 1830 g/mol. The quantitative estimate of drug-likeness (QED) is 0.0844. The standard InChI is InChI=1S/C44H25N4OP.C43H26N3OP.C41H25N5Si/c1-46-29-16-20-42-36(24-29)34-12-6-8-14-40(34)48(42)31-18-22-44-38(26-31)37-25-30(17-21-43(37)50(44,49)32-9-3-2-4-10-32)47-39-13-7-5-11-33(39)35-23-28(27-45)15-19-41(35)47;1-44-28-19-22-41-35(25-28)34-15-7-10-18-40(34)46(41)30-21-24-43-37(27-30)36-26-29(20-23-42(36)48(43,47)31-11-3-2-4-12-31)45-38-16-8-5-13-32(38)33-14-6-9-17-39(33)45;1-44-27-10-15-39-33(20-27)32-19-26(24-43)9-14-38(32)46(39)29-12-17-41-35(22-29)34-21-28(11-16-40(34)47(41,2)3)45-36-7-5-4-6-30(36)31-18-25(23-42)8-13-37(31)45/h2-26H;2-27H;4-22H,2-3H3. The minimum atomic E-state index is -3.20. The first kappa shape index (κ1) is 85.0. The van der Waals surface area contributed by atoms with Crippen LogP contribution in [0.4, 0.5) is 17.1 Å². The molecule has 0 aliphatic carbocycles. The molecule has 0 bridgehead atoms. The largest absolute Gasteiger partial charge is 0.309 e. The molecule has 20 aromatic carbocycles. The molecule has 3 aliphatic heterocycles. The summed E-state index contributed by atoms with van der Waals surface area (Å²) in [5.74, 6) is 0. The van der Waals surface area contributed by atoms with Gasteiger partial charge in [-0.2, -0.15) is 15.8 Å². The molecule has 3 aliphatic rings. The molecule has 2 atom stereocenters. The Bertz CT molecular complexity index is 10300.